The minimum absolute atomic E-state index is 0.0467. The van der Waals surface area contributed by atoms with Gasteiger partial charge in [-0.3, -0.25) is 9.59 Å². The van der Waals surface area contributed by atoms with Gasteiger partial charge in [0.2, 0.25) is 0 Å². The summed E-state index contributed by atoms with van der Waals surface area (Å²) < 4.78 is 0. The predicted molar refractivity (Wildman–Crippen MR) is 93.3 cm³/mol. The molecule has 24 heavy (non-hydrogen) atoms. The van der Waals surface area contributed by atoms with E-state index in [1.54, 1.807) is 4.90 Å². The van der Waals surface area contributed by atoms with Gasteiger partial charge < -0.3 is 15.0 Å². The van der Waals surface area contributed by atoms with Crippen LogP contribution in [0.15, 0.2) is 24.3 Å². The number of carbonyl (C=O) groups is 2. The lowest BCUT2D eigenvalue weighted by molar-refractivity contribution is -0.143. The number of fused-ring (bicyclic) bond motifs is 1. The molecule has 5 heteroatoms. The van der Waals surface area contributed by atoms with Crippen molar-refractivity contribution in [3.8, 4) is 0 Å². The molecule has 2 N–H and O–H groups in total. The number of hydrogen-bond acceptors (Lipinski definition) is 2. The largest absolute Gasteiger partial charge is 0.481 e. The highest BCUT2D eigenvalue weighted by molar-refractivity contribution is 5.98. The highest BCUT2D eigenvalue weighted by Crippen LogP contribution is 2.27. The van der Waals surface area contributed by atoms with Gasteiger partial charge in [0.25, 0.3) is 5.91 Å². The summed E-state index contributed by atoms with van der Waals surface area (Å²) in [4.78, 5) is 28.8. The van der Waals surface area contributed by atoms with Crippen LogP contribution in [0.1, 0.15) is 49.7 Å². The van der Waals surface area contributed by atoms with Gasteiger partial charge in [0.05, 0.1) is 5.92 Å². The first-order chi connectivity index (χ1) is 11.3. The molecule has 1 amide bonds. The Morgan fingerprint density at radius 3 is 2.67 bits per heavy atom. The van der Waals surface area contributed by atoms with Crippen LogP contribution in [0.4, 0.5) is 0 Å². The average molecular weight is 328 g/mol. The number of aromatic amines is 1. The number of hydrogen-bond donors (Lipinski definition) is 2. The van der Waals surface area contributed by atoms with Crippen LogP contribution in [-0.4, -0.2) is 40.0 Å². The Kier molecular flexibility index (Phi) is 4.11. The lowest BCUT2D eigenvalue weighted by atomic mass is 9.87. The molecule has 1 fully saturated rings. The molecule has 128 valence electrons. The van der Waals surface area contributed by atoms with Crippen molar-refractivity contribution in [3.63, 3.8) is 0 Å². The molecule has 0 spiro atoms. The molecule has 1 saturated heterocycles. The van der Waals surface area contributed by atoms with Gasteiger partial charge in [0, 0.05) is 24.0 Å². The molecule has 0 bridgehead atoms. The van der Waals surface area contributed by atoms with E-state index in [-0.39, 0.29) is 17.9 Å². The number of benzene rings is 1. The van der Waals surface area contributed by atoms with Gasteiger partial charge in [-0.05, 0) is 36.0 Å². The molecule has 1 aliphatic rings. The molecule has 1 aromatic carbocycles. The fraction of sp³-hybridized carbons (Fsp3) is 0.474. The number of piperidine rings is 1. The number of carboxylic acids is 1. The lowest BCUT2D eigenvalue weighted by Crippen LogP contribution is -2.42. The molecule has 1 atom stereocenters. The number of nitrogens with zero attached hydrogens (tertiary/aromatic N) is 1. The van der Waals surface area contributed by atoms with E-state index in [0.717, 1.165) is 17.3 Å². The maximum atomic E-state index is 12.7. The van der Waals surface area contributed by atoms with Crippen molar-refractivity contribution in [1.29, 1.82) is 0 Å². The summed E-state index contributed by atoms with van der Waals surface area (Å²) in [6.45, 7) is 7.37. The standard InChI is InChI=1S/C19H24N2O3/c1-19(2,3)14-7-6-12-9-16(20-15(12)10-14)17(22)21-8-4-5-13(11-21)18(23)24/h6-7,9-10,13,20H,4-5,8,11H2,1-3H3,(H,23,24). The van der Waals surface area contributed by atoms with Crippen LogP contribution < -0.4 is 0 Å². The van der Waals surface area contributed by atoms with Crippen molar-refractivity contribution in [3.05, 3.63) is 35.5 Å². The Balaban J connectivity index is 1.86. The minimum atomic E-state index is -0.820. The first-order valence-corrected chi connectivity index (χ1v) is 8.41. The van der Waals surface area contributed by atoms with Crippen molar-refractivity contribution in [2.24, 2.45) is 5.92 Å². The van der Waals surface area contributed by atoms with Crippen molar-refractivity contribution in [2.75, 3.05) is 13.1 Å². The van der Waals surface area contributed by atoms with Crippen LogP contribution in [-0.2, 0) is 10.2 Å². The number of amides is 1. The van der Waals surface area contributed by atoms with Crippen LogP contribution >= 0.6 is 0 Å². The van der Waals surface area contributed by atoms with Gasteiger partial charge >= 0.3 is 5.97 Å². The molecule has 1 aromatic heterocycles. The topological polar surface area (TPSA) is 73.4 Å². The number of nitrogens with one attached hydrogen (secondary N) is 1. The summed E-state index contributed by atoms with van der Waals surface area (Å²) in [7, 11) is 0. The number of likely N-dealkylation sites (tertiary alicyclic amines) is 1. The number of aliphatic carboxylic acids is 1. The molecule has 0 saturated carbocycles. The van der Waals surface area contributed by atoms with Gasteiger partial charge in [-0.25, -0.2) is 0 Å². The Hall–Kier alpha value is -2.30. The number of carboxylic acid groups (broad SMARTS) is 1. The Morgan fingerprint density at radius 1 is 1.25 bits per heavy atom. The zero-order chi connectivity index (χ0) is 17.5. The molecule has 5 nitrogen and oxygen atoms in total. The van der Waals surface area contributed by atoms with E-state index in [9.17, 15) is 14.7 Å². The van der Waals surface area contributed by atoms with E-state index in [4.69, 9.17) is 0 Å². The van der Waals surface area contributed by atoms with Gasteiger partial charge in [0.15, 0.2) is 0 Å². The number of carbonyl (C=O) groups excluding carboxylic acids is 1. The molecule has 1 unspecified atom stereocenters. The Labute approximate surface area is 141 Å². The minimum Gasteiger partial charge on any atom is -0.481 e. The molecule has 2 aromatic rings. The van der Waals surface area contributed by atoms with Crippen molar-refractivity contribution in [2.45, 2.75) is 39.0 Å². The summed E-state index contributed by atoms with van der Waals surface area (Å²) in [5.41, 5.74) is 2.73. The summed E-state index contributed by atoms with van der Waals surface area (Å²) >= 11 is 0. The smallest absolute Gasteiger partial charge is 0.308 e. The second-order valence-corrected chi connectivity index (χ2v) is 7.66. The van der Waals surface area contributed by atoms with E-state index in [1.807, 2.05) is 12.1 Å². The molecule has 3 rings (SSSR count). The van der Waals surface area contributed by atoms with Crippen LogP contribution in [0.25, 0.3) is 10.9 Å². The molecular weight excluding hydrogens is 304 g/mol. The second kappa shape index (κ2) is 5.96. The Bertz CT molecular complexity index is 785. The van der Waals surface area contributed by atoms with Crippen LogP contribution in [0.3, 0.4) is 0 Å². The van der Waals surface area contributed by atoms with E-state index in [1.165, 1.54) is 5.56 Å². The van der Waals surface area contributed by atoms with Crippen LogP contribution in [0.5, 0.6) is 0 Å². The van der Waals surface area contributed by atoms with E-state index in [2.05, 4.69) is 37.9 Å². The molecule has 0 aliphatic carbocycles. The number of H-pyrrole nitrogens is 1. The normalized spacial score (nSPS) is 18.8. The molecule has 0 radical (unpaired) electrons. The summed E-state index contributed by atoms with van der Waals surface area (Å²) in [6.07, 6.45) is 1.37. The third-order valence-corrected chi connectivity index (χ3v) is 4.78. The monoisotopic (exact) mass is 328 g/mol. The first-order valence-electron chi connectivity index (χ1n) is 8.41. The van der Waals surface area contributed by atoms with E-state index in [0.29, 0.717) is 18.7 Å². The lowest BCUT2D eigenvalue weighted by Gasteiger charge is -2.30. The maximum Gasteiger partial charge on any atom is 0.308 e. The van der Waals surface area contributed by atoms with Gasteiger partial charge in [0.1, 0.15) is 5.69 Å². The molecule has 1 aliphatic heterocycles. The average Bonchev–Trinajstić information content (AvgIpc) is 2.96. The van der Waals surface area contributed by atoms with Crippen molar-refractivity contribution >= 4 is 22.8 Å². The third-order valence-electron chi connectivity index (χ3n) is 4.78. The van der Waals surface area contributed by atoms with E-state index < -0.39 is 11.9 Å². The summed E-state index contributed by atoms with van der Waals surface area (Å²) in [6, 6.07) is 8.06. The fourth-order valence-electron chi connectivity index (χ4n) is 3.24. The first kappa shape index (κ1) is 16.6. The van der Waals surface area contributed by atoms with Crippen LogP contribution in [0, 0.1) is 5.92 Å². The highest BCUT2D eigenvalue weighted by atomic mass is 16.4. The SMILES string of the molecule is CC(C)(C)c1ccc2cc(C(=O)N3CCCC(C(=O)O)C3)[nH]c2c1. The molecule has 2 heterocycles. The van der Waals surface area contributed by atoms with Gasteiger partial charge in [-0.1, -0.05) is 32.9 Å². The Morgan fingerprint density at radius 2 is 2.00 bits per heavy atom. The molecular formula is C19H24N2O3. The predicted octanol–water partition coefficient (Wildman–Crippen LogP) is 3.40. The second-order valence-electron chi connectivity index (χ2n) is 7.66. The van der Waals surface area contributed by atoms with E-state index >= 15 is 0 Å². The van der Waals surface area contributed by atoms with Gasteiger partial charge in [-0.15, -0.1) is 0 Å². The number of rotatable bonds is 2. The summed E-state index contributed by atoms with van der Waals surface area (Å²) in [5, 5.41) is 10.2. The number of aromatic nitrogens is 1. The fourth-order valence-corrected chi connectivity index (χ4v) is 3.24. The highest BCUT2D eigenvalue weighted by Gasteiger charge is 2.29. The van der Waals surface area contributed by atoms with Crippen molar-refractivity contribution < 1.29 is 14.7 Å². The van der Waals surface area contributed by atoms with Gasteiger partial charge in [-0.2, -0.15) is 0 Å². The van der Waals surface area contributed by atoms with Crippen molar-refractivity contribution in [1.82, 2.24) is 9.88 Å². The third kappa shape index (κ3) is 3.16. The van der Waals surface area contributed by atoms with Crippen LogP contribution in [0.2, 0.25) is 0 Å². The zero-order valence-corrected chi connectivity index (χ0v) is 14.4. The zero-order valence-electron chi connectivity index (χ0n) is 14.4. The quantitative estimate of drug-likeness (QED) is 0.887. The summed E-state index contributed by atoms with van der Waals surface area (Å²) in [5.74, 6) is -1.40. The maximum absolute atomic E-state index is 12.7.